The van der Waals surface area contributed by atoms with Crippen molar-refractivity contribution in [3.05, 3.63) is 41.2 Å². The van der Waals surface area contributed by atoms with Gasteiger partial charge in [-0.1, -0.05) is 11.3 Å². The van der Waals surface area contributed by atoms with Crippen molar-refractivity contribution in [3.63, 3.8) is 0 Å². The average molecular weight is 576 g/mol. The van der Waals surface area contributed by atoms with Crippen molar-refractivity contribution < 1.29 is 36.2 Å². The van der Waals surface area contributed by atoms with Gasteiger partial charge in [0.2, 0.25) is 16.7 Å². The van der Waals surface area contributed by atoms with E-state index < -0.39 is 29.2 Å². The Hall–Kier alpha value is -3.27. The van der Waals surface area contributed by atoms with Crippen LogP contribution in [0.2, 0.25) is 0 Å². The van der Waals surface area contributed by atoms with Gasteiger partial charge in [0.15, 0.2) is 0 Å². The summed E-state index contributed by atoms with van der Waals surface area (Å²) < 4.78 is 80.9. The van der Waals surface area contributed by atoms with Gasteiger partial charge in [-0.2, -0.15) is 31.4 Å². The standard InChI is InChI=1S/C23H23F6N7O2S/c24-22(25,26)20-30-9-14(10-31-20)18-19(39-21(32-18)23(27,28)29)34-6-7-36(15(11-34)4-8-37)17(38)12-35-5-3-16(33-35)13-1-2-13/h3,5,9-10,13,15,37H,1-2,4,6-8,11-12H2. The van der Waals surface area contributed by atoms with Gasteiger partial charge in [0, 0.05) is 56.3 Å². The molecule has 0 radical (unpaired) electrons. The lowest BCUT2D eigenvalue weighted by molar-refractivity contribution is -0.145. The Morgan fingerprint density at radius 2 is 1.79 bits per heavy atom. The van der Waals surface area contributed by atoms with Crippen LogP contribution in [0.3, 0.4) is 0 Å². The van der Waals surface area contributed by atoms with Gasteiger partial charge in [0.25, 0.3) is 0 Å². The zero-order valence-electron chi connectivity index (χ0n) is 20.3. The lowest BCUT2D eigenvalue weighted by atomic mass is 10.1. The molecule has 4 heterocycles. The highest BCUT2D eigenvalue weighted by molar-refractivity contribution is 7.16. The number of nitrogens with zero attached hydrogens (tertiary/aromatic N) is 7. The van der Waals surface area contributed by atoms with E-state index in [0.717, 1.165) is 30.9 Å². The Morgan fingerprint density at radius 3 is 2.41 bits per heavy atom. The molecule has 0 aromatic carbocycles. The molecule has 1 aliphatic heterocycles. The van der Waals surface area contributed by atoms with E-state index in [2.05, 4.69) is 20.1 Å². The van der Waals surface area contributed by atoms with Crippen LogP contribution in [0.5, 0.6) is 0 Å². The summed E-state index contributed by atoms with van der Waals surface area (Å²) in [6.45, 7) is 0.122. The maximum Gasteiger partial charge on any atom is 0.451 e. The highest BCUT2D eigenvalue weighted by Gasteiger charge is 2.40. The molecule has 3 aromatic rings. The van der Waals surface area contributed by atoms with Crippen LogP contribution in [0.4, 0.5) is 31.3 Å². The number of carbonyl (C=O) groups excluding carboxylic acids is 1. The molecule has 1 aliphatic carbocycles. The molecule has 2 fully saturated rings. The van der Waals surface area contributed by atoms with Gasteiger partial charge in [0.1, 0.15) is 17.2 Å². The topological polar surface area (TPSA) is 100 Å². The number of hydrogen-bond acceptors (Lipinski definition) is 8. The van der Waals surface area contributed by atoms with Crippen LogP contribution in [0.25, 0.3) is 11.3 Å². The molecule has 1 saturated carbocycles. The van der Waals surface area contributed by atoms with Crippen LogP contribution in [-0.4, -0.2) is 72.9 Å². The number of piperazine rings is 1. The third kappa shape index (κ3) is 6.00. The highest BCUT2D eigenvalue weighted by atomic mass is 32.1. The number of aromatic nitrogens is 5. The largest absolute Gasteiger partial charge is 0.451 e. The third-order valence-corrected chi connectivity index (χ3v) is 7.70. The first-order valence-electron chi connectivity index (χ1n) is 12.1. The summed E-state index contributed by atoms with van der Waals surface area (Å²) in [7, 11) is 0. The molecule has 210 valence electrons. The monoisotopic (exact) mass is 575 g/mol. The number of alkyl halides is 6. The maximum atomic E-state index is 13.6. The molecule has 1 amide bonds. The number of aliphatic hydroxyl groups excluding tert-OH is 1. The molecule has 1 unspecified atom stereocenters. The number of anilines is 1. The van der Waals surface area contributed by atoms with E-state index >= 15 is 0 Å². The zero-order valence-corrected chi connectivity index (χ0v) is 21.1. The Morgan fingerprint density at radius 1 is 1.08 bits per heavy atom. The van der Waals surface area contributed by atoms with Crippen molar-refractivity contribution in [2.75, 3.05) is 31.1 Å². The second kappa shape index (κ2) is 10.4. The first-order chi connectivity index (χ1) is 18.4. The molecule has 0 spiro atoms. The first-order valence-corrected chi connectivity index (χ1v) is 12.9. The molecular weight excluding hydrogens is 552 g/mol. The minimum atomic E-state index is -4.81. The predicted octanol–water partition coefficient (Wildman–Crippen LogP) is 3.81. The smallest absolute Gasteiger partial charge is 0.396 e. The summed E-state index contributed by atoms with van der Waals surface area (Å²) in [6, 6.07) is 1.35. The van der Waals surface area contributed by atoms with Gasteiger partial charge in [0.05, 0.1) is 11.7 Å². The van der Waals surface area contributed by atoms with Gasteiger partial charge >= 0.3 is 12.4 Å². The molecule has 0 bridgehead atoms. The number of halogens is 6. The number of carbonyl (C=O) groups is 1. The number of aliphatic hydroxyl groups is 1. The Labute approximate surface area is 222 Å². The van der Waals surface area contributed by atoms with Crippen molar-refractivity contribution in [2.24, 2.45) is 0 Å². The van der Waals surface area contributed by atoms with E-state index in [9.17, 15) is 36.2 Å². The van der Waals surface area contributed by atoms with Crippen molar-refractivity contribution in [2.45, 2.75) is 50.1 Å². The third-order valence-electron chi connectivity index (χ3n) is 6.54. The van der Waals surface area contributed by atoms with E-state index in [-0.39, 0.29) is 61.4 Å². The van der Waals surface area contributed by atoms with E-state index in [1.165, 1.54) is 0 Å². The highest BCUT2D eigenvalue weighted by Crippen LogP contribution is 2.43. The molecule has 2 aliphatic rings. The predicted molar refractivity (Wildman–Crippen MR) is 127 cm³/mol. The summed E-state index contributed by atoms with van der Waals surface area (Å²) >= 11 is 0.353. The lowest BCUT2D eigenvalue weighted by Gasteiger charge is -2.42. The van der Waals surface area contributed by atoms with Gasteiger partial charge < -0.3 is 14.9 Å². The summed E-state index contributed by atoms with van der Waals surface area (Å²) in [5, 5.41) is 13.0. The minimum Gasteiger partial charge on any atom is -0.396 e. The molecular formula is C23H23F6N7O2S. The number of hydrogen-bond donors (Lipinski definition) is 1. The number of amides is 1. The number of rotatable bonds is 7. The van der Waals surface area contributed by atoms with Crippen LogP contribution < -0.4 is 4.90 Å². The zero-order chi connectivity index (χ0) is 27.9. The van der Waals surface area contributed by atoms with Crippen LogP contribution in [0, 0.1) is 0 Å². The van der Waals surface area contributed by atoms with E-state index in [1.807, 2.05) is 6.07 Å². The van der Waals surface area contributed by atoms with Crippen LogP contribution in [0.1, 0.15) is 41.7 Å². The van der Waals surface area contributed by atoms with E-state index in [1.54, 1.807) is 20.7 Å². The van der Waals surface area contributed by atoms with Crippen LogP contribution in [0.15, 0.2) is 24.7 Å². The van der Waals surface area contributed by atoms with Crippen LogP contribution in [-0.2, 0) is 23.7 Å². The Bertz CT molecular complexity index is 1320. The molecule has 16 heteroatoms. The van der Waals surface area contributed by atoms with Crippen molar-refractivity contribution >= 4 is 22.2 Å². The summed E-state index contributed by atoms with van der Waals surface area (Å²) in [5.74, 6) is -1.23. The Balaban J connectivity index is 1.38. The van der Waals surface area contributed by atoms with E-state index in [0.29, 0.717) is 17.3 Å². The van der Waals surface area contributed by atoms with Crippen molar-refractivity contribution in [1.82, 2.24) is 29.6 Å². The van der Waals surface area contributed by atoms with Gasteiger partial charge in [-0.15, -0.1) is 0 Å². The molecule has 39 heavy (non-hydrogen) atoms. The summed E-state index contributed by atoms with van der Waals surface area (Å²) in [5.41, 5.74) is 0.629. The van der Waals surface area contributed by atoms with Crippen molar-refractivity contribution in [3.8, 4) is 11.3 Å². The summed E-state index contributed by atoms with van der Waals surface area (Å²) in [4.78, 5) is 26.5. The van der Waals surface area contributed by atoms with Crippen molar-refractivity contribution in [1.29, 1.82) is 0 Å². The average Bonchev–Trinajstić information content (AvgIpc) is 3.44. The molecule has 1 atom stereocenters. The van der Waals surface area contributed by atoms with E-state index in [4.69, 9.17) is 0 Å². The second-order valence-corrected chi connectivity index (χ2v) is 10.4. The molecule has 9 nitrogen and oxygen atoms in total. The minimum absolute atomic E-state index is 0.0123. The quantitative estimate of drug-likeness (QED) is 0.428. The fraction of sp³-hybridized carbons (Fsp3) is 0.522. The Kier molecular flexibility index (Phi) is 7.26. The normalized spacial score (nSPS) is 18.6. The maximum absolute atomic E-state index is 13.6. The molecule has 1 N–H and O–H groups in total. The second-order valence-electron chi connectivity index (χ2n) is 9.38. The molecule has 5 rings (SSSR count). The van der Waals surface area contributed by atoms with Gasteiger partial charge in [-0.05, 0) is 25.3 Å². The SMILES string of the molecule is O=C(Cn1ccc(C2CC2)n1)N1CCN(c2sc(C(F)(F)F)nc2-c2cnc(C(F)(F)F)nc2)CC1CCO. The summed E-state index contributed by atoms with van der Waals surface area (Å²) in [6.07, 6.45) is -3.96. The van der Waals surface area contributed by atoms with Gasteiger partial charge in [-0.3, -0.25) is 9.48 Å². The fourth-order valence-corrected chi connectivity index (χ4v) is 5.48. The van der Waals surface area contributed by atoms with Gasteiger partial charge in [-0.25, -0.2) is 15.0 Å². The molecule has 1 saturated heterocycles. The first kappa shape index (κ1) is 27.3. The number of thiazole rings is 1. The van der Waals surface area contributed by atoms with Crippen LogP contribution >= 0.6 is 11.3 Å². The fourth-order valence-electron chi connectivity index (χ4n) is 4.49. The lowest BCUT2D eigenvalue weighted by Crippen LogP contribution is -2.56. The molecule has 3 aromatic heterocycles.